The lowest BCUT2D eigenvalue weighted by Crippen LogP contribution is -2.33. The Morgan fingerprint density at radius 2 is 1.89 bits per heavy atom. The smallest absolute Gasteiger partial charge is 0.0687 e. The number of rotatable bonds is 4. The van der Waals surface area contributed by atoms with Gasteiger partial charge in [-0.15, -0.1) is 0 Å². The van der Waals surface area contributed by atoms with E-state index in [4.69, 9.17) is 10.5 Å². The van der Waals surface area contributed by atoms with Gasteiger partial charge in [-0.25, -0.2) is 0 Å². The van der Waals surface area contributed by atoms with Crippen molar-refractivity contribution in [1.82, 2.24) is 0 Å². The number of hydrogen-bond acceptors (Lipinski definition) is 2. The van der Waals surface area contributed by atoms with Gasteiger partial charge in [0.2, 0.25) is 0 Å². The van der Waals surface area contributed by atoms with Crippen LogP contribution >= 0.6 is 0 Å². The van der Waals surface area contributed by atoms with Crippen LogP contribution < -0.4 is 5.73 Å². The number of nitrogens with two attached hydrogens (primary N) is 1. The third-order valence-corrected chi connectivity index (χ3v) is 4.76. The topological polar surface area (TPSA) is 35.2 Å². The number of hydrogen-bond donors (Lipinski definition) is 1. The van der Waals surface area contributed by atoms with Crippen molar-refractivity contribution in [2.75, 3.05) is 0 Å². The van der Waals surface area contributed by atoms with Gasteiger partial charge < -0.3 is 10.5 Å². The van der Waals surface area contributed by atoms with Gasteiger partial charge in [-0.05, 0) is 50.9 Å². The maximum atomic E-state index is 6.47. The summed E-state index contributed by atoms with van der Waals surface area (Å²) in [6.45, 7) is 6.79. The monoisotopic (exact) mass is 253 g/mol. The van der Waals surface area contributed by atoms with E-state index < -0.39 is 0 Å². The van der Waals surface area contributed by atoms with Gasteiger partial charge in [-0.3, -0.25) is 0 Å². The van der Waals surface area contributed by atoms with Crippen molar-refractivity contribution in [1.29, 1.82) is 0 Å². The molecule has 2 atom stereocenters. The minimum absolute atomic E-state index is 0.271. The maximum Gasteiger partial charge on any atom is 0.0687 e. The zero-order chi connectivity index (χ0) is 13.2. The van der Waals surface area contributed by atoms with E-state index in [1.54, 1.807) is 0 Å². The Labute approximate surface area is 113 Å². The highest BCUT2D eigenvalue weighted by atomic mass is 16.5. The molecule has 1 saturated heterocycles. The largest absolute Gasteiger partial charge is 0.372 e. The second-order valence-electron chi connectivity index (χ2n) is 7.57. The van der Waals surface area contributed by atoms with Gasteiger partial charge in [-0.1, -0.05) is 33.1 Å². The summed E-state index contributed by atoms with van der Waals surface area (Å²) >= 11 is 0. The molecule has 1 aliphatic carbocycles. The average Bonchev–Trinajstić information content (AvgIpc) is 2.59. The Balaban J connectivity index is 1.85. The molecule has 2 aliphatic rings. The van der Waals surface area contributed by atoms with E-state index >= 15 is 0 Å². The van der Waals surface area contributed by atoms with E-state index in [-0.39, 0.29) is 5.60 Å². The third-order valence-electron chi connectivity index (χ3n) is 4.76. The molecule has 106 valence electrons. The summed E-state index contributed by atoms with van der Waals surface area (Å²) in [5, 5.41) is 0. The van der Waals surface area contributed by atoms with E-state index in [0.29, 0.717) is 17.6 Å². The highest BCUT2D eigenvalue weighted by molar-refractivity contribution is 4.92. The molecule has 18 heavy (non-hydrogen) atoms. The van der Waals surface area contributed by atoms with Gasteiger partial charge in [0.05, 0.1) is 11.7 Å². The second-order valence-corrected chi connectivity index (χ2v) is 7.57. The van der Waals surface area contributed by atoms with Crippen LogP contribution in [0.25, 0.3) is 0 Å². The van der Waals surface area contributed by atoms with Crippen LogP contribution in [0.4, 0.5) is 0 Å². The van der Waals surface area contributed by atoms with Crippen LogP contribution in [-0.4, -0.2) is 17.7 Å². The summed E-state index contributed by atoms with van der Waals surface area (Å²) in [4.78, 5) is 0. The fraction of sp³-hybridized carbons (Fsp3) is 1.00. The molecule has 2 N–H and O–H groups in total. The van der Waals surface area contributed by atoms with Crippen LogP contribution in [-0.2, 0) is 4.74 Å². The molecule has 2 rings (SSSR count). The van der Waals surface area contributed by atoms with Crippen molar-refractivity contribution in [2.24, 2.45) is 11.1 Å². The van der Waals surface area contributed by atoms with E-state index in [9.17, 15) is 0 Å². The Kier molecular flexibility index (Phi) is 4.38. The minimum atomic E-state index is 0.271. The van der Waals surface area contributed by atoms with E-state index in [1.807, 2.05) is 0 Å². The third kappa shape index (κ3) is 3.71. The standard InChI is InChI=1S/C16H31NO/c1-13(17)11-15(2,3)12-14-7-10-16(18-14)8-5-4-6-9-16/h13-14H,4-12,17H2,1-3H3. The van der Waals surface area contributed by atoms with Crippen LogP contribution in [0.15, 0.2) is 0 Å². The molecule has 1 saturated carbocycles. The fourth-order valence-corrected chi connectivity index (χ4v) is 4.17. The maximum absolute atomic E-state index is 6.47. The van der Waals surface area contributed by atoms with Gasteiger partial charge in [0.1, 0.15) is 0 Å². The number of ether oxygens (including phenoxy) is 1. The van der Waals surface area contributed by atoms with Crippen LogP contribution in [0.5, 0.6) is 0 Å². The summed E-state index contributed by atoms with van der Waals surface area (Å²) in [7, 11) is 0. The molecular formula is C16H31NO. The van der Waals surface area contributed by atoms with Gasteiger partial charge >= 0.3 is 0 Å². The van der Waals surface area contributed by atoms with Crippen molar-refractivity contribution in [3.05, 3.63) is 0 Å². The Bertz CT molecular complexity index is 266. The SMILES string of the molecule is CC(N)CC(C)(C)CC1CCC2(CCCCC2)O1. The summed E-state index contributed by atoms with van der Waals surface area (Å²) in [5.74, 6) is 0. The van der Waals surface area contributed by atoms with Crippen molar-refractivity contribution >= 4 is 0 Å². The first kappa shape index (κ1) is 14.3. The molecule has 0 aromatic heterocycles. The van der Waals surface area contributed by atoms with Gasteiger partial charge in [0.15, 0.2) is 0 Å². The van der Waals surface area contributed by atoms with Crippen molar-refractivity contribution in [3.63, 3.8) is 0 Å². The van der Waals surface area contributed by atoms with E-state index in [1.165, 1.54) is 51.4 Å². The summed E-state index contributed by atoms with van der Waals surface area (Å²) in [5.41, 5.74) is 6.54. The quantitative estimate of drug-likeness (QED) is 0.821. The molecule has 1 heterocycles. The van der Waals surface area contributed by atoms with Crippen molar-refractivity contribution in [2.45, 2.75) is 96.3 Å². The molecular weight excluding hydrogens is 222 g/mol. The Hall–Kier alpha value is -0.0800. The van der Waals surface area contributed by atoms with Gasteiger partial charge in [0.25, 0.3) is 0 Å². The predicted molar refractivity (Wildman–Crippen MR) is 76.6 cm³/mol. The zero-order valence-corrected chi connectivity index (χ0v) is 12.5. The normalized spacial score (nSPS) is 29.7. The molecule has 2 heteroatoms. The predicted octanol–water partition coefficient (Wildman–Crippen LogP) is 4.02. The van der Waals surface area contributed by atoms with Crippen LogP contribution in [0, 0.1) is 5.41 Å². The van der Waals surface area contributed by atoms with E-state index in [0.717, 1.165) is 6.42 Å². The average molecular weight is 253 g/mol. The molecule has 0 radical (unpaired) electrons. The van der Waals surface area contributed by atoms with Gasteiger partial charge in [0, 0.05) is 6.04 Å². The molecule has 0 amide bonds. The summed E-state index contributed by atoms with van der Waals surface area (Å²) in [6.07, 6.45) is 12.1. The lowest BCUT2D eigenvalue weighted by molar-refractivity contribution is -0.0753. The molecule has 0 bridgehead atoms. The fourth-order valence-electron chi connectivity index (χ4n) is 4.17. The minimum Gasteiger partial charge on any atom is -0.372 e. The second kappa shape index (κ2) is 5.50. The van der Waals surface area contributed by atoms with Crippen LogP contribution in [0.3, 0.4) is 0 Å². The Morgan fingerprint density at radius 3 is 2.50 bits per heavy atom. The summed E-state index contributed by atoms with van der Waals surface area (Å²) < 4.78 is 6.47. The molecule has 2 fully saturated rings. The molecule has 1 spiro atoms. The Morgan fingerprint density at radius 1 is 1.22 bits per heavy atom. The highest BCUT2D eigenvalue weighted by Crippen LogP contribution is 2.44. The molecule has 1 aliphatic heterocycles. The molecule has 0 aromatic rings. The molecule has 2 nitrogen and oxygen atoms in total. The van der Waals surface area contributed by atoms with Crippen molar-refractivity contribution < 1.29 is 4.74 Å². The zero-order valence-electron chi connectivity index (χ0n) is 12.5. The first-order chi connectivity index (χ1) is 8.41. The lowest BCUT2D eigenvalue weighted by Gasteiger charge is -2.35. The lowest BCUT2D eigenvalue weighted by atomic mass is 9.80. The molecule has 0 aromatic carbocycles. The summed E-state index contributed by atoms with van der Waals surface area (Å²) in [6, 6.07) is 0.296. The highest BCUT2D eigenvalue weighted by Gasteiger charge is 2.42. The molecule has 2 unspecified atom stereocenters. The van der Waals surface area contributed by atoms with Crippen LogP contribution in [0.2, 0.25) is 0 Å². The van der Waals surface area contributed by atoms with Crippen molar-refractivity contribution in [3.8, 4) is 0 Å². The van der Waals surface area contributed by atoms with Gasteiger partial charge in [-0.2, -0.15) is 0 Å². The first-order valence-electron chi connectivity index (χ1n) is 7.84. The van der Waals surface area contributed by atoms with Crippen LogP contribution in [0.1, 0.15) is 78.6 Å². The van der Waals surface area contributed by atoms with E-state index in [2.05, 4.69) is 20.8 Å². The first-order valence-corrected chi connectivity index (χ1v) is 7.84.